The van der Waals surface area contributed by atoms with Crippen LogP contribution >= 0.6 is 0 Å². The Balaban J connectivity index is 2.09. The van der Waals surface area contributed by atoms with Crippen molar-refractivity contribution < 1.29 is 8.42 Å². The number of aryl methyl sites for hydroxylation is 1. The first-order valence-electron chi connectivity index (χ1n) is 7.75. The minimum absolute atomic E-state index is 0.105. The van der Waals surface area contributed by atoms with Gasteiger partial charge in [0.25, 0.3) is 0 Å². The van der Waals surface area contributed by atoms with Crippen LogP contribution in [0.4, 0.5) is 0 Å². The van der Waals surface area contributed by atoms with Crippen molar-refractivity contribution in [2.24, 2.45) is 5.92 Å². The van der Waals surface area contributed by atoms with Gasteiger partial charge in [-0.15, -0.1) is 0 Å². The van der Waals surface area contributed by atoms with Crippen molar-refractivity contribution in [1.82, 2.24) is 10.0 Å². The van der Waals surface area contributed by atoms with Crippen LogP contribution in [0, 0.1) is 12.8 Å². The van der Waals surface area contributed by atoms with Gasteiger partial charge in [0.2, 0.25) is 10.0 Å². The van der Waals surface area contributed by atoms with E-state index in [9.17, 15) is 8.42 Å². The first kappa shape index (κ1) is 16.5. The molecule has 2 rings (SSSR count). The van der Waals surface area contributed by atoms with Gasteiger partial charge in [-0.1, -0.05) is 19.9 Å². The molecule has 118 valence electrons. The zero-order chi connectivity index (χ0) is 15.5. The van der Waals surface area contributed by atoms with E-state index in [1.54, 1.807) is 12.1 Å². The summed E-state index contributed by atoms with van der Waals surface area (Å²) in [6, 6.07) is 5.49. The van der Waals surface area contributed by atoms with Crippen molar-refractivity contribution in [3.8, 4) is 0 Å². The van der Waals surface area contributed by atoms with Gasteiger partial charge in [-0.05, 0) is 61.9 Å². The van der Waals surface area contributed by atoms with Crippen molar-refractivity contribution in [3.05, 3.63) is 29.3 Å². The summed E-state index contributed by atoms with van der Waals surface area (Å²) in [7, 11) is -3.39. The number of hydrogen-bond donors (Lipinski definition) is 2. The summed E-state index contributed by atoms with van der Waals surface area (Å²) < 4.78 is 27.6. The van der Waals surface area contributed by atoms with Gasteiger partial charge < -0.3 is 5.32 Å². The Morgan fingerprint density at radius 3 is 2.62 bits per heavy atom. The van der Waals surface area contributed by atoms with Crippen LogP contribution in [0.3, 0.4) is 0 Å². The van der Waals surface area contributed by atoms with E-state index in [0.717, 1.165) is 36.9 Å². The Bertz CT molecular complexity index is 578. The highest BCUT2D eigenvalue weighted by atomic mass is 32.2. The van der Waals surface area contributed by atoms with Crippen molar-refractivity contribution in [2.75, 3.05) is 6.54 Å². The Hall–Kier alpha value is -0.910. The highest BCUT2D eigenvalue weighted by Gasteiger charge is 2.29. The summed E-state index contributed by atoms with van der Waals surface area (Å²) in [5.41, 5.74) is 2.17. The number of hydrogen-bond acceptors (Lipinski definition) is 3. The van der Waals surface area contributed by atoms with E-state index in [4.69, 9.17) is 0 Å². The molecule has 0 aromatic heterocycles. The normalized spacial score (nSPS) is 22.0. The summed E-state index contributed by atoms with van der Waals surface area (Å²) in [5.74, 6) is 0.629. The second kappa shape index (κ2) is 6.90. The van der Waals surface area contributed by atoms with E-state index >= 15 is 0 Å². The smallest absolute Gasteiger partial charge is 0.240 e. The molecule has 0 heterocycles. The van der Waals surface area contributed by atoms with Crippen LogP contribution in [0.2, 0.25) is 0 Å². The molecule has 0 unspecified atom stereocenters. The molecule has 0 amide bonds. The van der Waals surface area contributed by atoms with Gasteiger partial charge in [-0.2, -0.15) is 0 Å². The summed E-state index contributed by atoms with van der Waals surface area (Å²) in [6.45, 7) is 7.93. The van der Waals surface area contributed by atoms with E-state index in [-0.39, 0.29) is 6.04 Å². The van der Waals surface area contributed by atoms with Crippen molar-refractivity contribution in [1.29, 1.82) is 0 Å². The topological polar surface area (TPSA) is 58.2 Å². The third-order valence-electron chi connectivity index (χ3n) is 4.07. The number of benzene rings is 1. The average molecular weight is 310 g/mol. The molecule has 2 N–H and O–H groups in total. The lowest BCUT2D eigenvalue weighted by Crippen LogP contribution is -2.43. The molecule has 1 fully saturated rings. The van der Waals surface area contributed by atoms with Gasteiger partial charge >= 0.3 is 0 Å². The molecule has 4 nitrogen and oxygen atoms in total. The Morgan fingerprint density at radius 2 is 2.00 bits per heavy atom. The number of nitrogens with one attached hydrogen (secondary N) is 2. The second-order valence-electron chi connectivity index (χ2n) is 6.16. The van der Waals surface area contributed by atoms with Gasteiger partial charge in [0.1, 0.15) is 0 Å². The van der Waals surface area contributed by atoms with Crippen LogP contribution in [-0.4, -0.2) is 21.0 Å². The van der Waals surface area contributed by atoms with Gasteiger partial charge in [-0.25, -0.2) is 13.1 Å². The standard InChI is InChI=1S/C16H26N2O2S/c1-4-7-17-11-14-10-16(6-5-13(14)3)21(19,20)18-15-8-12(2)9-15/h5-6,10,12,15,17-18H,4,7-9,11H2,1-3H3. The molecular weight excluding hydrogens is 284 g/mol. The van der Waals surface area contributed by atoms with Crippen molar-refractivity contribution in [3.63, 3.8) is 0 Å². The van der Waals surface area contributed by atoms with E-state index < -0.39 is 10.0 Å². The zero-order valence-corrected chi connectivity index (χ0v) is 14.0. The minimum Gasteiger partial charge on any atom is -0.313 e. The molecule has 0 bridgehead atoms. The lowest BCUT2D eigenvalue weighted by molar-refractivity contribution is 0.270. The summed E-state index contributed by atoms with van der Waals surface area (Å²) in [4.78, 5) is 0.376. The molecule has 0 aliphatic heterocycles. The van der Waals surface area contributed by atoms with Crippen LogP contribution in [0.25, 0.3) is 0 Å². The predicted octanol–water partition coefficient (Wildman–Crippen LogP) is 2.57. The third-order valence-corrected chi connectivity index (χ3v) is 5.59. The molecule has 5 heteroatoms. The zero-order valence-electron chi connectivity index (χ0n) is 13.1. The molecule has 1 aliphatic carbocycles. The van der Waals surface area contributed by atoms with Gasteiger partial charge in [0.15, 0.2) is 0 Å². The molecule has 1 aromatic rings. The molecule has 0 radical (unpaired) electrons. The van der Waals surface area contributed by atoms with Crippen molar-refractivity contribution in [2.45, 2.75) is 57.5 Å². The molecule has 0 saturated heterocycles. The predicted molar refractivity (Wildman–Crippen MR) is 85.7 cm³/mol. The second-order valence-corrected chi connectivity index (χ2v) is 7.87. The van der Waals surface area contributed by atoms with Gasteiger partial charge in [-0.3, -0.25) is 0 Å². The first-order chi connectivity index (χ1) is 9.92. The Morgan fingerprint density at radius 1 is 1.29 bits per heavy atom. The molecule has 1 saturated carbocycles. The summed E-state index contributed by atoms with van der Waals surface area (Å²) in [6.07, 6.45) is 2.95. The minimum atomic E-state index is -3.39. The average Bonchev–Trinajstić information content (AvgIpc) is 2.39. The lowest BCUT2D eigenvalue weighted by Gasteiger charge is -2.32. The van der Waals surface area contributed by atoms with E-state index in [1.807, 2.05) is 13.0 Å². The molecule has 1 aliphatic rings. The summed E-state index contributed by atoms with van der Waals surface area (Å²) >= 11 is 0. The lowest BCUT2D eigenvalue weighted by atomic mass is 9.83. The van der Waals surface area contributed by atoms with Crippen LogP contribution in [-0.2, 0) is 16.6 Å². The van der Waals surface area contributed by atoms with E-state index in [0.29, 0.717) is 17.4 Å². The SMILES string of the molecule is CCCNCc1cc(S(=O)(=O)NC2CC(C)C2)ccc1C. The number of sulfonamides is 1. The monoisotopic (exact) mass is 310 g/mol. The fraction of sp³-hybridized carbons (Fsp3) is 0.625. The fourth-order valence-electron chi connectivity index (χ4n) is 2.69. The maximum atomic E-state index is 12.4. The van der Waals surface area contributed by atoms with Crippen LogP contribution in [0.1, 0.15) is 44.2 Å². The molecule has 1 aromatic carbocycles. The molecule has 0 atom stereocenters. The quantitative estimate of drug-likeness (QED) is 0.761. The Kier molecular flexibility index (Phi) is 5.41. The van der Waals surface area contributed by atoms with E-state index in [2.05, 4.69) is 23.9 Å². The first-order valence-corrected chi connectivity index (χ1v) is 9.23. The van der Waals surface area contributed by atoms with Gasteiger partial charge in [0, 0.05) is 12.6 Å². The van der Waals surface area contributed by atoms with E-state index in [1.165, 1.54) is 0 Å². The number of rotatable bonds is 7. The highest BCUT2D eigenvalue weighted by molar-refractivity contribution is 7.89. The van der Waals surface area contributed by atoms with Crippen LogP contribution in [0.5, 0.6) is 0 Å². The Labute approximate surface area is 128 Å². The van der Waals surface area contributed by atoms with Gasteiger partial charge in [0.05, 0.1) is 4.90 Å². The third kappa shape index (κ3) is 4.28. The maximum absolute atomic E-state index is 12.4. The maximum Gasteiger partial charge on any atom is 0.240 e. The highest BCUT2D eigenvalue weighted by Crippen LogP contribution is 2.28. The fourth-order valence-corrected chi connectivity index (χ4v) is 4.00. The largest absolute Gasteiger partial charge is 0.313 e. The summed E-state index contributed by atoms with van der Waals surface area (Å²) in [5, 5.41) is 3.32. The van der Waals surface area contributed by atoms with Crippen molar-refractivity contribution >= 4 is 10.0 Å². The molecule has 0 spiro atoms. The molecule has 21 heavy (non-hydrogen) atoms. The molecular formula is C16H26N2O2S. The van der Waals surface area contributed by atoms with Crippen LogP contribution < -0.4 is 10.0 Å². The van der Waals surface area contributed by atoms with Crippen LogP contribution in [0.15, 0.2) is 23.1 Å².